The number of benzene rings is 1. The first-order valence-corrected chi connectivity index (χ1v) is 12.0. The van der Waals surface area contributed by atoms with Crippen LogP contribution in [0.5, 0.6) is 0 Å². The summed E-state index contributed by atoms with van der Waals surface area (Å²) in [5.41, 5.74) is 2.81. The molecule has 0 aromatic heterocycles. The summed E-state index contributed by atoms with van der Waals surface area (Å²) >= 11 is 6.21. The van der Waals surface area contributed by atoms with Crippen LogP contribution < -0.4 is 0 Å². The maximum absolute atomic E-state index is 12.8. The smallest absolute Gasteiger partial charge is 0.255 e. The molecule has 5 rings (SSSR count). The molecule has 0 spiro atoms. The lowest BCUT2D eigenvalue weighted by molar-refractivity contribution is -0.0108. The highest BCUT2D eigenvalue weighted by molar-refractivity contribution is 6.33. The molecular formula is C25H36ClN3O. The first kappa shape index (κ1) is 21.9. The van der Waals surface area contributed by atoms with Crippen molar-refractivity contribution in [1.29, 1.82) is 0 Å². The molecule has 4 nitrogen and oxygen atoms in total. The minimum Gasteiger partial charge on any atom is -0.336 e. The monoisotopic (exact) mass is 429 g/mol. The number of likely N-dealkylation sites (N-methyl/N-ethyl adjacent to an activating group) is 1. The van der Waals surface area contributed by atoms with E-state index >= 15 is 0 Å². The second-order valence-corrected chi connectivity index (χ2v) is 10.2. The number of allylic oxidation sites excluding steroid dienone is 1. The third-order valence-corrected chi connectivity index (χ3v) is 8.26. The third-order valence-electron chi connectivity index (χ3n) is 7.93. The van der Waals surface area contributed by atoms with Crippen LogP contribution >= 0.6 is 11.6 Å². The van der Waals surface area contributed by atoms with E-state index in [1.54, 1.807) is 11.6 Å². The van der Waals surface area contributed by atoms with E-state index in [1.165, 1.54) is 12.8 Å². The van der Waals surface area contributed by atoms with Gasteiger partial charge in [0.25, 0.3) is 5.91 Å². The number of hydrogen-bond acceptors (Lipinski definition) is 3. The summed E-state index contributed by atoms with van der Waals surface area (Å²) in [4.78, 5) is 19.8. The van der Waals surface area contributed by atoms with Crippen LogP contribution in [0.2, 0.25) is 5.02 Å². The molecule has 164 valence electrons. The number of halogens is 1. The molecule has 1 heterocycles. The van der Waals surface area contributed by atoms with Crippen molar-refractivity contribution < 1.29 is 4.79 Å². The van der Waals surface area contributed by atoms with Crippen LogP contribution in [0.4, 0.5) is 0 Å². The van der Waals surface area contributed by atoms with Crippen LogP contribution in [0.3, 0.4) is 0 Å². The van der Waals surface area contributed by atoms with Crippen LogP contribution in [0.25, 0.3) is 0 Å². The van der Waals surface area contributed by atoms with Crippen molar-refractivity contribution in [3.63, 3.8) is 0 Å². The number of nitrogens with zero attached hydrogens (tertiary/aromatic N) is 3. The quantitative estimate of drug-likeness (QED) is 0.600. The normalized spacial score (nSPS) is 25.8. The predicted molar refractivity (Wildman–Crippen MR) is 124 cm³/mol. The SMILES string of the molecule is CCN(CCN1CCN(C(=O)c2ccccc2Cl)CC1)CC1=CCC2CC1C2(C)C. The molecule has 3 aliphatic carbocycles. The van der Waals surface area contributed by atoms with Gasteiger partial charge in [0.2, 0.25) is 0 Å². The largest absolute Gasteiger partial charge is 0.336 e. The maximum atomic E-state index is 12.8. The van der Waals surface area contributed by atoms with Gasteiger partial charge < -0.3 is 4.90 Å². The Morgan fingerprint density at radius 2 is 1.93 bits per heavy atom. The molecule has 2 unspecified atom stereocenters. The fourth-order valence-electron chi connectivity index (χ4n) is 5.53. The standard InChI is InChI=1S/C25H36ClN3O/c1-4-27(18-19-9-10-20-17-22(19)25(20,2)3)11-12-28-13-15-29(16-14-28)24(30)21-7-5-6-8-23(21)26/h5-9,20,22H,4,10-18H2,1-3H3. The van der Waals surface area contributed by atoms with E-state index in [0.29, 0.717) is 16.0 Å². The first-order valence-electron chi connectivity index (χ1n) is 11.6. The number of rotatable bonds is 7. The zero-order chi connectivity index (χ0) is 21.3. The Hall–Kier alpha value is -1.36. The van der Waals surface area contributed by atoms with E-state index in [4.69, 9.17) is 11.6 Å². The second-order valence-electron chi connectivity index (χ2n) is 9.80. The molecule has 2 atom stereocenters. The molecule has 5 heteroatoms. The van der Waals surface area contributed by atoms with Crippen LogP contribution in [0, 0.1) is 17.3 Å². The van der Waals surface area contributed by atoms with E-state index in [-0.39, 0.29) is 5.91 Å². The Morgan fingerprint density at radius 1 is 1.20 bits per heavy atom. The first-order chi connectivity index (χ1) is 14.4. The van der Waals surface area contributed by atoms with Gasteiger partial charge in [-0.2, -0.15) is 0 Å². The highest BCUT2D eigenvalue weighted by Gasteiger charge is 2.51. The van der Waals surface area contributed by atoms with Gasteiger partial charge in [-0.05, 0) is 48.8 Å². The zero-order valence-electron chi connectivity index (χ0n) is 18.7. The van der Waals surface area contributed by atoms with Gasteiger partial charge in [0.15, 0.2) is 0 Å². The summed E-state index contributed by atoms with van der Waals surface area (Å²) in [6.07, 6.45) is 5.21. The number of carbonyl (C=O) groups is 1. The fourth-order valence-corrected chi connectivity index (χ4v) is 5.74. The zero-order valence-corrected chi connectivity index (χ0v) is 19.5. The number of hydrogen-bond donors (Lipinski definition) is 0. The van der Waals surface area contributed by atoms with Gasteiger partial charge in [0.05, 0.1) is 10.6 Å². The molecule has 1 aromatic rings. The Bertz CT molecular complexity index is 797. The Labute approximate surface area is 186 Å². The average molecular weight is 430 g/mol. The predicted octanol–water partition coefficient (Wildman–Crippen LogP) is 4.41. The van der Waals surface area contributed by atoms with Crippen LogP contribution in [-0.2, 0) is 0 Å². The molecule has 0 N–H and O–H groups in total. The van der Waals surface area contributed by atoms with Crippen molar-refractivity contribution in [1.82, 2.24) is 14.7 Å². The van der Waals surface area contributed by atoms with Gasteiger partial charge in [-0.3, -0.25) is 14.6 Å². The lowest BCUT2D eigenvalue weighted by atomic mass is 9.49. The van der Waals surface area contributed by atoms with Gasteiger partial charge in [0.1, 0.15) is 0 Å². The highest BCUT2D eigenvalue weighted by Crippen LogP contribution is 2.59. The second kappa shape index (κ2) is 9.02. The van der Waals surface area contributed by atoms with Crippen LogP contribution in [0.1, 0.15) is 44.0 Å². The summed E-state index contributed by atoms with van der Waals surface area (Å²) in [7, 11) is 0. The maximum Gasteiger partial charge on any atom is 0.255 e. The number of carbonyl (C=O) groups excluding carboxylic acids is 1. The summed E-state index contributed by atoms with van der Waals surface area (Å²) in [5, 5.41) is 0.543. The van der Waals surface area contributed by atoms with E-state index in [1.807, 2.05) is 23.1 Å². The minimum atomic E-state index is 0.0566. The van der Waals surface area contributed by atoms with E-state index in [9.17, 15) is 4.79 Å². The molecule has 4 aliphatic rings. The van der Waals surface area contributed by atoms with Gasteiger partial charge in [-0.25, -0.2) is 0 Å². The molecular weight excluding hydrogens is 394 g/mol. The molecule has 2 fully saturated rings. The fraction of sp³-hybridized carbons (Fsp3) is 0.640. The molecule has 2 bridgehead atoms. The van der Waals surface area contributed by atoms with Gasteiger partial charge in [-0.15, -0.1) is 0 Å². The van der Waals surface area contributed by atoms with Crippen molar-refractivity contribution in [3.8, 4) is 0 Å². The van der Waals surface area contributed by atoms with Crippen molar-refractivity contribution in [2.24, 2.45) is 17.3 Å². The van der Waals surface area contributed by atoms with Gasteiger partial charge >= 0.3 is 0 Å². The topological polar surface area (TPSA) is 26.8 Å². The molecule has 1 aliphatic heterocycles. The number of piperazine rings is 1. The lowest BCUT2D eigenvalue weighted by Gasteiger charge is -2.57. The van der Waals surface area contributed by atoms with E-state index in [2.05, 4.69) is 36.6 Å². The summed E-state index contributed by atoms with van der Waals surface area (Å²) in [5.74, 6) is 1.76. The Kier molecular flexibility index (Phi) is 6.57. The molecule has 0 radical (unpaired) electrons. The molecule has 30 heavy (non-hydrogen) atoms. The van der Waals surface area contributed by atoms with Crippen molar-refractivity contribution in [3.05, 3.63) is 46.5 Å². The average Bonchev–Trinajstić information content (AvgIpc) is 2.76. The van der Waals surface area contributed by atoms with Crippen molar-refractivity contribution >= 4 is 17.5 Å². The van der Waals surface area contributed by atoms with E-state index < -0.39 is 0 Å². The third kappa shape index (κ3) is 4.32. The van der Waals surface area contributed by atoms with Gasteiger partial charge in [0, 0.05) is 45.8 Å². The summed E-state index contributed by atoms with van der Waals surface area (Å²) in [6.45, 7) is 15.0. The minimum absolute atomic E-state index is 0.0566. The summed E-state index contributed by atoms with van der Waals surface area (Å²) < 4.78 is 0. The lowest BCUT2D eigenvalue weighted by Crippen LogP contribution is -2.51. The molecule has 1 aromatic carbocycles. The van der Waals surface area contributed by atoms with Crippen LogP contribution in [0.15, 0.2) is 35.9 Å². The van der Waals surface area contributed by atoms with Crippen molar-refractivity contribution in [2.75, 3.05) is 52.4 Å². The van der Waals surface area contributed by atoms with Crippen molar-refractivity contribution in [2.45, 2.75) is 33.6 Å². The molecule has 1 saturated heterocycles. The highest BCUT2D eigenvalue weighted by atomic mass is 35.5. The van der Waals surface area contributed by atoms with Crippen LogP contribution in [-0.4, -0.2) is 73.0 Å². The Balaban J connectivity index is 1.24. The van der Waals surface area contributed by atoms with E-state index in [0.717, 1.165) is 64.2 Å². The Morgan fingerprint density at radius 3 is 2.57 bits per heavy atom. The number of fused-ring (bicyclic) bond motifs is 1. The van der Waals surface area contributed by atoms with Gasteiger partial charge in [-0.1, -0.05) is 56.2 Å². The molecule has 1 amide bonds. The summed E-state index contributed by atoms with van der Waals surface area (Å²) in [6, 6.07) is 7.35. The molecule has 1 saturated carbocycles. The number of amides is 1.